The number of aliphatic hydroxyl groups is 2. The first-order valence-electron chi connectivity index (χ1n) is 12.7. The van der Waals surface area contributed by atoms with Gasteiger partial charge in [0.2, 0.25) is 4.93 Å². The topological polar surface area (TPSA) is 105 Å². The molecule has 5 unspecified atom stereocenters. The van der Waals surface area contributed by atoms with Crippen LogP contribution in [0.5, 0.6) is 0 Å². The number of amides is 1. The Morgan fingerprint density at radius 3 is 2.29 bits per heavy atom. The highest BCUT2D eigenvalue weighted by molar-refractivity contribution is 8.01. The summed E-state index contributed by atoms with van der Waals surface area (Å²) in [6.45, 7) is 0.0181. The number of hydrogen-bond acceptors (Lipinski definition) is 7. The first-order chi connectivity index (χ1) is 18.3. The molecular weight excluding hydrogens is 502 g/mol. The van der Waals surface area contributed by atoms with Crippen molar-refractivity contribution in [2.75, 3.05) is 13.7 Å². The van der Waals surface area contributed by atoms with Crippen LogP contribution in [0.15, 0.2) is 89.8 Å². The molecule has 5 atom stereocenters. The van der Waals surface area contributed by atoms with E-state index in [4.69, 9.17) is 9.47 Å². The quantitative estimate of drug-likeness (QED) is 0.357. The van der Waals surface area contributed by atoms with Crippen LogP contribution in [-0.2, 0) is 14.3 Å². The molecule has 3 aromatic rings. The van der Waals surface area contributed by atoms with Gasteiger partial charge < -0.3 is 25.0 Å². The van der Waals surface area contributed by atoms with Crippen LogP contribution in [-0.4, -0.2) is 58.5 Å². The van der Waals surface area contributed by atoms with Gasteiger partial charge in [0, 0.05) is 35.8 Å². The first-order valence-corrected chi connectivity index (χ1v) is 13.5. The lowest BCUT2D eigenvalue weighted by Gasteiger charge is -2.41. The molecule has 1 heterocycles. The van der Waals surface area contributed by atoms with Gasteiger partial charge in [0.1, 0.15) is 0 Å². The normalized spacial score (nSPS) is 26.6. The fourth-order valence-corrected chi connectivity index (χ4v) is 6.58. The lowest BCUT2D eigenvalue weighted by atomic mass is 9.96. The summed E-state index contributed by atoms with van der Waals surface area (Å²) in [6.07, 6.45) is -0.902. The molecular formula is C30H31NO6S. The number of fused-ring (bicyclic) bond motifs is 1. The SMILES string of the molecule is COC(=O)C1(Sc2ccccc2)CC(O)C2CC2(CC(O)CNC(=O)c2ccc(-c3ccccc3)cc2)O1. The van der Waals surface area contributed by atoms with Crippen LogP contribution in [0.25, 0.3) is 11.1 Å². The van der Waals surface area contributed by atoms with E-state index in [1.165, 1.54) is 18.9 Å². The van der Waals surface area contributed by atoms with Crippen molar-refractivity contribution in [2.45, 2.75) is 46.9 Å². The molecule has 1 aliphatic carbocycles. The summed E-state index contributed by atoms with van der Waals surface area (Å²) in [5.74, 6) is -1.05. The zero-order chi connectivity index (χ0) is 26.8. The molecule has 3 aromatic carbocycles. The molecule has 7 nitrogen and oxygen atoms in total. The summed E-state index contributed by atoms with van der Waals surface area (Å²) >= 11 is 1.21. The van der Waals surface area contributed by atoms with E-state index in [0.717, 1.165) is 16.0 Å². The van der Waals surface area contributed by atoms with Crippen molar-refractivity contribution in [2.24, 2.45) is 5.92 Å². The molecule has 1 saturated carbocycles. The number of carbonyl (C=O) groups is 2. The van der Waals surface area contributed by atoms with E-state index in [1.807, 2.05) is 72.8 Å². The smallest absolute Gasteiger partial charge is 0.349 e. The van der Waals surface area contributed by atoms with Gasteiger partial charge in [-0.3, -0.25) is 4.79 Å². The number of methoxy groups -OCH3 is 1. The molecule has 1 aliphatic heterocycles. The number of hydrogen-bond donors (Lipinski definition) is 3. The minimum absolute atomic E-state index is 0.0181. The maximum atomic E-state index is 12.9. The van der Waals surface area contributed by atoms with Gasteiger partial charge in [0.15, 0.2) is 0 Å². The Bertz CT molecular complexity index is 1270. The average molecular weight is 534 g/mol. The van der Waals surface area contributed by atoms with Crippen molar-refractivity contribution in [3.05, 3.63) is 90.5 Å². The van der Waals surface area contributed by atoms with Crippen LogP contribution in [0.3, 0.4) is 0 Å². The molecule has 8 heteroatoms. The number of rotatable bonds is 9. The highest BCUT2D eigenvalue weighted by atomic mass is 32.2. The number of nitrogens with one attached hydrogen (secondary N) is 1. The van der Waals surface area contributed by atoms with Crippen LogP contribution in [0.1, 0.15) is 29.6 Å². The molecule has 5 rings (SSSR count). The molecule has 2 aliphatic rings. The third-order valence-corrected chi connectivity index (χ3v) is 8.50. The van der Waals surface area contributed by atoms with Gasteiger partial charge in [0.25, 0.3) is 5.91 Å². The third-order valence-electron chi connectivity index (χ3n) is 7.25. The molecule has 1 amide bonds. The summed E-state index contributed by atoms with van der Waals surface area (Å²) in [5.41, 5.74) is 1.70. The summed E-state index contributed by atoms with van der Waals surface area (Å²) in [5, 5.41) is 24.5. The zero-order valence-electron chi connectivity index (χ0n) is 21.1. The molecule has 2 fully saturated rings. The summed E-state index contributed by atoms with van der Waals surface area (Å²) in [4.78, 5) is 25.0. The van der Waals surface area contributed by atoms with E-state index in [2.05, 4.69) is 5.32 Å². The van der Waals surface area contributed by atoms with E-state index < -0.39 is 28.7 Å². The van der Waals surface area contributed by atoms with Crippen molar-refractivity contribution in [3.63, 3.8) is 0 Å². The van der Waals surface area contributed by atoms with Crippen LogP contribution in [0, 0.1) is 5.92 Å². The Hall–Kier alpha value is -3.17. The van der Waals surface area contributed by atoms with Crippen LogP contribution < -0.4 is 5.32 Å². The van der Waals surface area contributed by atoms with Gasteiger partial charge in [-0.1, -0.05) is 72.4 Å². The van der Waals surface area contributed by atoms with Gasteiger partial charge in [-0.25, -0.2) is 4.79 Å². The highest BCUT2D eigenvalue weighted by Gasteiger charge is 2.69. The van der Waals surface area contributed by atoms with Crippen molar-refractivity contribution < 1.29 is 29.3 Å². The molecule has 3 N–H and O–H groups in total. The van der Waals surface area contributed by atoms with Crippen molar-refractivity contribution >= 4 is 23.6 Å². The monoisotopic (exact) mass is 533 g/mol. The minimum Gasteiger partial charge on any atom is -0.466 e. The summed E-state index contributed by atoms with van der Waals surface area (Å²) in [6, 6.07) is 26.5. The van der Waals surface area contributed by atoms with Gasteiger partial charge in [-0.05, 0) is 41.8 Å². The third kappa shape index (κ3) is 5.49. The fourth-order valence-electron chi connectivity index (χ4n) is 5.27. The largest absolute Gasteiger partial charge is 0.466 e. The van der Waals surface area contributed by atoms with Crippen molar-refractivity contribution in [3.8, 4) is 11.1 Å². The lowest BCUT2D eigenvalue weighted by molar-refractivity contribution is -0.183. The highest BCUT2D eigenvalue weighted by Crippen LogP contribution is 2.62. The number of ether oxygens (including phenoxy) is 2. The number of aliphatic hydroxyl groups excluding tert-OH is 2. The maximum Gasteiger partial charge on any atom is 0.349 e. The van der Waals surface area contributed by atoms with Crippen LogP contribution in [0.4, 0.5) is 0 Å². The zero-order valence-corrected chi connectivity index (χ0v) is 21.9. The molecule has 0 spiro atoms. The second-order valence-electron chi connectivity index (χ2n) is 9.92. The fraction of sp³-hybridized carbons (Fsp3) is 0.333. The maximum absolute atomic E-state index is 12.9. The summed E-state index contributed by atoms with van der Waals surface area (Å²) < 4.78 is 11.5. The standard InChI is InChI=1S/C30H31NO6S/c1-36-28(35)30(38-24-10-6-3-7-11-24)18-26(33)25-17-29(25,37-30)16-23(32)19-31-27(34)22-14-12-21(13-15-22)20-8-4-2-5-9-20/h2-15,23,25-26,32-33H,16-19H2,1H3,(H,31,34). The van der Waals surface area contributed by atoms with Gasteiger partial charge in [-0.2, -0.15) is 0 Å². The molecule has 38 heavy (non-hydrogen) atoms. The van der Waals surface area contributed by atoms with Gasteiger partial charge >= 0.3 is 5.97 Å². The minimum atomic E-state index is -1.42. The predicted molar refractivity (Wildman–Crippen MR) is 144 cm³/mol. The van der Waals surface area contributed by atoms with E-state index >= 15 is 0 Å². The lowest BCUT2D eigenvalue weighted by Crippen LogP contribution is -2.52. The van der Waals surface area contributed by atoms with Gasteiger partial charge in [0.05, 0.1) is 24.9 Å². The number of esters is 1. The molecule has 0 radical (unpaired) electrons. The second kappa shape index (κ2) is 10.9. The van der Waals surface area contributed by atoms with Crippen molar-refractivity contribution in [1.82, 2.24) is 5.32 Å². The number of carbonyl (C=O) groups excluding carboxylic acids is 2. The Morgan fingerprint density at radius 1 is 1.00 bits per heavy atom. The number of benzene rings is 3. The van der Waals surface area contributed by atoms with Gasteiger partial charge in [-0.15, -0.1) is 0 Å². The Kier molecular flexibility index (Phi) is 7.59. The molecule has 1 saturated heterocycles. The summed E-state index contributed by atoms with van der Waals surface area (Å²) in [7, 11) is 1.30. The Balaban J connectivity index is 1.22. The van der Waals surface area contributed by atoms with E-state index in [-0.39, 0.29) is 31.2 Å². The van der Waals surface area contributed by atoms with Crippen LogP contribution >= 0.6 is 11.8 Å². The Morgan fingerprint density at radius 2 is 1.63 bits per heavy atom. The van der Waals surface area contributed by atoms with E-state index in [0.29, 0.717) is 12.0 Å². The predicted octanol–water partition coefficient (Wildman–Crippen LogP) is 4.04. The molecule has 0 bridgehead atoms. The van der Waals surface area contributed by atoms with E-state index in [9.17, 15) is 19.8 Å². The molecule has 0 aromatic heterocycles. The second-order valence-corrected chi connectivity index (χ2v) is 11.3. The Labute approximate surface area is 226 Å². The van der Waals surface area contributed by atoms with E-state index in [1.54, 1.807) is 12.1 Å². The first kappa shape index (κ1) is 26.4. The van der Waals surface area contributed by atoms with Crippen LogP contribution in [0.2, 0.25) is 0 Å². The van der Waals surface area contributed by atoms with Crippen molar-refractivity contribution in [1.29, 1.82) is 0 Å². The average Bonchev–Trinajstić information content (AvgIpc) is 3.66. The molecule has 198 valence electrons. The number of thioether (sulfide) groups is 1.